The van der Waals surface area contributed by atoms with Crippen LogP contribution < -0.4 is 10.1 Å². The molecule has 1 saturated heterocycles. The molecule has 1 aromatic carbocycles. The zero-order chi connectivity index (χ0) is 20.1. The van der Waals surface area contributed by atoms with E-state index in [1.165, 1.54) is 0 Å². The molecular weight excluding hydrogens is 354 g/mol. The standard InChI is InChI=1S/C22H29N3O3/c1-16-6-5-7-17(2)25(16)20(26)14-28-19-10-8-18(9-11-19)21(27)24-22(15-23)12-3-4-13-22/h8-11,16-17H,3-7,12-14H2,1-2H3,(H,24,27). The Bertz CT molecular complexity index is 737. The highest BCUT2D eigenvalue weighted by atomic mass is 16.5. The van der Waals surface area contributed by atoms with Gasteiger partial charge in [-0.25, -0.2) is 0 Å². The zero-order valence-electron chi connectivity index (χ0n) is 16.7. The molecule has 1 aromatic rings. The molecule has 28 heavy (non-hydrogen) atoms. The van der Waals surface area contributed by atoms with Crippen LogP contribution in [0.25, 0.3) is 0 Å². The van der Waals surface area contributed by atoms with E-state index in [1.54, 1.807) is 24.3 Å². The minimum atomic E-state index is -0.736. The molecule has 2 amide bonds. The average molecular weight is 383 g/mol. The Balaban J connectivity index is 1.55. The first-order chi connectivity index (χ1) is 13.4. The molecule has 2 aliphatic rings. The topological polar surface area (TPSA) is 82.4 Å². The van der Waals surface area contributed by atoms with Crippen LogP contribution in [0.1, 0.15) is 69.2 Å². The average Bonchev–Trinajstić information content (AvgIpc) is 3.15. The Morgan fingerprint density at radius 3 is 2.32 bits per heavy atom. The molecular formula is C22H29N3O3. The summed E-state index contributed by atoms with van der Waals surface area (Å²) in [7, 11) is 0. The number of carbonyl (C=O) groups is 2. The molecule has 0 spiro atoms. The van der Waals surface area contributed by atoms with Crippen molar-refractivity contribution in [1.82, 2.24) is 10.2 Å². The molecule has 2 fully saturated rings. The van der Waals surface area contributed by atoms with Crippen molar-refractivity contribution in [3.05, 3.63) is 29.8 Å². The summed E-state index contributed by atoms with van der Waals surface area (Å²) in [6, 6.07) is 9.47. The van der Waals surface area contributed by atoms with E-state index in [-0.39, 0.29) is 30.5 Å². The van der Waals surface area contributed by atoms with Crippen molar-refractivity contribution < 1.29 is 14.3 Å². The first-order valence-electron chi connectivity index (χ1n) is 10.2. The Hall–Kier alpha value is -2.55. The number of nitrogens with one attached hydrogen (secondary N) is 1. The van der Waals surface area contributed by atoms with Crippen LogP contribution in [0, 0.1) is 11.3 Å². The van der Waals surface area contributed by atoms with Gasteiger partial charge >= 0.3 is 0 Å². The maximum Gasteiger partial charge on any atom is 0.260 e. The van der Waals surface area contributed by atoms with Gasteiger partial charge in [0.1, 0.15) is 11.3 Å². The predicted octanol–water partition coefficient (Wildman–Crippen LogP) is 3.42. The summed E-state index contributed by atoms with van der Waals surface area (Å²) in [5, 5.41) is 12.3. The number of rotatable bonds is 5. The lowest BCUT2D eigenvalue weighted by Crippen LogP contribution is -2.49. The highest BCUT2D eigenvalue weighted by Gasteiger charge is 2.35. The summed E-state index contributed by atoms with van der Waals surface area (Å²) in [4.78, 5) is 26.9. The first-order valence-corrected chi connectivity index (χ1v) is 10.2. The van der Waals surface area contributed by atoms with Crippen LogP contribution in [0.15, 0.2) is 24.3 Å². The zero-order valence-corrected chi connectivity index (χ0v) is 16.7. The highest BCUT2D eigenvalue weighted by molar-refractivity contribution is 5.95. The van der Waals surface area contributed by atoms with Gasteiger partial charge in [-0.05, 0) is 83.1 Å². The molecule has 1 heterocycles. The summed E-state index contributed by atoms with van der Waals surface area (Å²) in [6.45, 7) is 4.16. The number of nitriles is 1. The molecule has 1 aliphatic carbocycles. The quantitative estimate of drug-likeness (QED) is 0.844. The van der Waals surface area contributed by atoms with E-state index in [2.05, 4.69) is 25.2 Å². The van der Waals surface area contributed by atoms with Crippen LogP contribution in [0.4, 0.5) is 0 Å². The number of benzene rings is 1. The predicted molar refractivity (Wildman–Crippen MR) is 106 cm³/mol. The van der Waals surface area contributed by atoms with Crippen LogP contribution in [-0.4, -0.2) is 40.9 Å². The number of hydrogen-bond donors (Lipinski definition) is 1. The summed E-state index contributed by atoms with van der Waals surface area (Å²) in [5.41, 5.74) is -0.251. The van der Waals surface area contributed by atoms with Crippen molar-refractivity contribution in [3.63, 3.8) is 0 Å². The van der Waals surface area contributed by atoms with Gasteiger partial charge in [-0.15, -0.1) is 0 Å². The molecule has 1 aliphatic heterocycles. The van der Waals surface area contributed by atoms with E-state index < -0.39 is 5.54 Å². The van der Waals surface area contributed by atoms with Gasteiger partial charge < -0.3 is 15.0 Å². The van der Waals surface area contributed by atoms with Gasteiger partial charge in [0.2, 0.25) is 0 Å². The van der Waals surface area contributed by atoms with E-state index in [1.807, 2.05) is 4.90 Å². The fourth-order valence-corrected chi connectivity index (χ4v) is 4.37. The van der Waals surface area contributed by atoms with Crippen molar-refractivity contribution in [2.75, 3.05) is 6.61 Å². The molecule has 1 N–H and O–H groups in total. The number of hydrogen-bond acceptors (Lipinski definition) is 4. The molecule has 6 heteroatoms. The minimum Gasteiger partial charge on any atom is -0.484 e. The van der Waals surface area contributed by atoms with E-state index in [0.29, 0.717) is 24.2 Å². The van der Waals surface area contributed by atoms with Gasteiger partial charge in [-0.3, -0.25) is 9.59 Å². The second-order valence-electron chi connectivity index (χ2n) is 8.10. The van der Waals surface area contributed by atoms with Crippen LogP contribution in [0.5, 0.6) is 5.75 Å². The van der Waals surface area contributed by atoms with Crippen LogP contribution in [0.2, 0.25) is 0 Å². The van der Waals surface area contributed by atoms with Crippen LogP contribution in [0.3, 0.4) is 0 Å². The monoisotopic (exact) mass is 383 g/mol. The first kappa shape index (κ1) is 20.2. The molecule has 0 aromatic heterocycles. The summed E-state index contributed by atoms with van der Waals surface area (Å²) >= 11 is 0. The third kappa shape index (κ3) is 4.46. The van der Waals surface area contributed by atoms with E-state index in [0.717, 1.165) is 32.1 Å². The Morgan fingerprint density at radius 2 is 1.75 bits per heavy atom. The van der Waals surface area contributed by atoms with Crippen molar-refractivity contribution in [2.45, 2.75) is 76.4 Å². The number of carbonyl (C=O) groups excluding carboxylic acids is 2. The Labute approximate surface area is 166 Å². The van der Waals surface area contributed by atoms with Crippen molar-refractivity contribution in [2.24, 2.45) is 0 Å². The Kier molecular flexibility index (Phi) is 6.23. The minimum absolute atomic E-state index is 0.00119. The SMILES string of the molecule is CC1CCCC(C)N1C(=O)COc1ccc(C(=O)NC2(C#N)CCCC2)cc1. The largest absolute Gasteiger partial charge is 0.484 e. The lowest BCUT2D eigenvalue weighted by molar-refractivity contribution is -0.139. The third-order valence-corrected chi connectivity index (χ3v) is 5.98. The maximum atomic E-state index is 12.5. The highest BCUT2D eigenvalue weighted by Crippen LogP contribution is 2.29. The smallest absolute Gasteiger partial charge is 0.260 e. The summed E-state index contributed by atoms with van der Waals surface area (Å²) < 4.78 is 5.65. The van der Waals surface area contributed by atoms with E-state index in [9.17, 15) is 14.9 Å². The number of likely N-dealkylation sites (tertiary alicyclic amines) is 1. The van der Waals surface area contributed by atoms with Gasteiger partial charge in [-0.1, -0.05) is 0 Å². The van der Waals surface area contributed by atoms with Crippen molar-refractivity contribution in [3.8, 4) is 11.8 Å². The molecule has 0 bridgehead atoms. The molecule has 2 atom stereocenters. The van der Waals surface area contributed by atoms with Crippen LogP contribution in [-0.2, 0) is 4.79 Å². The van der Waals surface area contributed by atoms with Gasteiger partial charge in [0.15, 0.2) is 6.61 Å². The molecule has 0 radical (unpaired) electrons. The van der Waals surface area contributed by atoms with Gasteiger partial charge in [0.25, 0.3) is 11.8 Å². The third-order valence-electron chi connectivity index (χ3n) is 5.98. The maximum absolute atomic E-state index is 12.5. The normalized spacial score (nSPS) is 23.7. The van der Waals surface area contributed by atoms with Gasteiger partial charge in [0, 0.05) is 17.6 Å². The number of piperidine rings is 1. The summed E-state index contributed by atoms with van der Waals surface area (Å²) in [6.07, 6.45) is 6.54. The number of ether oxygens (including phenoxy) is 1. The van der Waals surface area contributed by atoms with E-state index in [4.69, 9.17) is 4.74 Å². The second-order valence-corrected chi connectivity index (χ2v) is 8.10. The molecule has 6 nitrogen and oxygen atoms in total. The van der Waals surface area contributed by atoms with Gasteiger partial charge in [-0.2, -0.15) is 5.26 Å². The molecule has 3 rings (SSSR count). The molecule has 1 saturated carbocycles. The number of amides is 2. The lowest BCUT2D eigenvalue weighted by atomic mass is 9.97. The van der Waals surface area contributed by atoms with E-state index >= 15 is 0 Å². The molecule has 150 valence electrons. The Morgan fingerprint density at radius 1 is 1.14 bits per heavy atom. The lowest BCUT2D eigenvalue weighted by Gasteiger charge is -2.38. The second kappa shape index (κ2) is 8.64. The van der Waals surface area contributed by atoms with Crippen molar-refractivity contribution >= 4 is 11.8 Å². The number of nitrogens with zero attached hydrogens (tertiary/aromatic N) is 2. The summed E-state index contributed by atoms with van der Waals surface area (Å²) in [5.74, 6) is 0.304. The van der Waals surface area contributed by atoms with Crippen LogP contribution >= 0.6 is 0 Å². The fraction of sp³-hybridized carbons (Fsp3) is 0.591. The molecule has 2 unspecified atom stereocenters. The van der Waals surface area contributed by atoms with Crippen molar-refractivity contribution in [1.29, 1.82) is 5.26 Å². The van der Waals surface area contributed by atoms with Gasteiger partial charge in [0.05, 0.1) is 6.07 Å². The fourth-order valence-electron chi connectivity index (χ4n) is 4.37.